The molecular formula is C20H20N4O5. The third kappa shape index (κ3) is 3.66. The number of carbonyl (C=O) groups excluding carboxylic acids is 3. The summed E-state index contributed by atoms with van der Waals surface area (Å²) in [6, 6.07) is 12.4. The second-order valence-electron chi connectivity index (χ2n) is 6.75. The zero-order chi connectivity index (χ0) is 21.2. The molecule has 29 heavy (non-hydrogen) atoms. The third-order valence-corrected chi connectivity index (χ3v) is 4.96. The van der Waals surface area contributed by atoms with Crippen molar-refractivity contribution < 1.29 is 19.3 Å². The van der Waals surface area contributed by atoms with Crippen LogP contribution in [0.25, 0.3) is 0 Å². The zero-order valence-electron chi connectivity index (χ0n) is 16.0. The standard InChI is InChI=1S/C20H20N4O5/c1-3-20(14-7-5-4-6-8-14)18(26)23(19(27)22-20)12-17(25)21-15-10-9-13(2)16(11-15)24(28)29/h4-11H,3,12H2,1-2H3,(H,21,25)(H,22,27). The molecule has 4 amide bonds. The lowest BCUT2D eigenvalue weighted by Gasteiger charge is -2.25. The summed E-state index contributed by atoms with van der Waals surface area (Å²) in [5, 5.41) is 16.3. The maximum Gasteiger partial charge on any atom is 0.325 e. The van der Waals surface area contributed by atoms with Gasteiger partial charge in [0.15, 0.2) is 0 Å². The van der Waals surface area contributed by atoms with Crippen molar-refractivity contribution in [2.24, 2.45) is 0 Å². The molecule has 0 aromatic heterocycles. The molecule has 1 saturated heterocycles. The van der Waals surface area contributed by atoms with Crippen LogP contribution in [0.5, 0.6) is 0 Å². The summed E-state index contributed by atoms with van der Waals surface area (Å²) >= 11 is 0. The number of benzene rings is 2. The summed E-state index contributed by atoms with van der Waals surface area (Å²) < 4.78 is 0. The highest BCUT2D eigenvalue weighted by atomic mass is 16.6. The zero-order valence-corrected chi connectivity index (χ0v) is 16.0. The first-order valence-corrected chi connectivity index (χ1v) is 9.03. The maximum absolute atomic E-state index is 13.0. The van der Waals surface area contributed by atoms with E-state index in [2.05, 4.69) is 10.6 Å². The van der Waals surface area contributed by atoms with Crippen molar-refractivity contribution in [3.63, 3.8) is 0 Å². The Morgan fingerprint density at radius 2 is 1.90 bits per heavy atom. The first-order valence-electron chi connectivity index (χ1n) is 9.03. The van der Waals surface area contributed by atoms with Gasteiger partial charge in [-0.2, -0.15) is 0 Å². The van der Waals surface area contributed by atoms with Gasteiger partial charge in [0.1, 0.15) is 12.1 Å². The van der Waals surface area contributed by atoms with Crippen molar-refractivity contribution >= 4 is 29.2 Å². The van der Waals surface area contributed by atoms with Gasteiger partial charge in [-0.15, -0.1) is 0 Å². The van der Waals surface area contributed by atoms with Crippen LogP contribution in [0.3, 0.4) is 0 Å². The van der Waals surface area contributed by atoms with Gasteiger partial charge in [0.25, 0.3) is 11.6 Å². The van der Waals surface area contributed by atoms with E-state index in [1.54, 1.807) is 44.2 Å². The molecule has 1 unspecified atom stereocenters. The van der Waals surface area contributed by atoms with E-state index in [-0.39, 0.29) is 11.4 Å². The summed E-state index contributed by atoms with van der Waals surface area (Å²) in [4.78, 5) is 49.2. The largest absolute Gasteiger partial charge is 0.325 e. The summed E-state index contributed by atoms with van der Waals surface area (Å²) in [5.74, 6) is -1.15. The van der Waals surface area contributed by atoms with Crippen LogP contribution in [0, 0.1) is 17.0 Å². The number of nitro benzene ring substituents is 1. The molecule has 1 heterocycles. The summed E-state index contributed by atoms with van der Waals surface area (Å²) in [5.41, 5.74) is -0.0481. The van der Waals surface area contributed by atoms with E-state index in [4.69, 9.17) is 0 Å². The van der Waals surface area contributed by atoms with Crippen LogP contribution < -0.4 is 10.6 Å². The van der Waals surface area contributed by atoms with Crippen LogP contribution in [-0.2, 0) is 15.1 Å². The molecule has 2 aromatic carbocycles. The Balaban J connectivity index is 1.77. The average molecular weight is 396 g/mol. The third-order valence-electron chi connectivity index (χ3n) is 4.96. The minimum Gasteiger partial charge on any atom is -0.324 e. The summed E-state index contributed by atoms with van der Waals surface area (Å²) in [6.07, 6.45) is 0.323. The Labute approximate surface area is 166 Å². The second-order valence-corrected chi connectivity index (χ2v) is 6.75. The molecule has 0 radical (unpaired) electrons. The number of aryl methyl sites for hydroxylation is 1. The number of carbonyl (C=O) groups is 3. The lowest BCUT2D eigenvalue weighted by atomic mass is 9.87. The fraction of sp³-hybridized carbons (Fsp3) is 0.250. The molecule has 1 fully saturated rings. The van der Waals surface area contributed by atoms with Gasteiger partial charge >= 0.3 is 6.03 Å². The molecule has 2 N–H and O–H groups in total. The van der Waals surface area contributed by atoms with Crippen LogP contribution in [0.15, 0.2) is 48.5 Å². The van der Waals surface area contributed by atoms with E-state index >= 15 is 0 Å². The van der Waals surface area contributed by atoms with E-state index in [0.29, 0.717) is 17.5 Å². The molecule has 0 bridgehead atoms. The van der Waals surface area contributed by atoms with Crippen LogP contribution in [0.1, 0.15) is 24.5 Å². The van der Waals surface area contributed by atoms with Gasteiger partial charge < -0.3 is 10.6 Å². The topological polar surface area (TPSA) is 122 Å². The van der Waals surface area contributed by atoms with Crippen molar-refractivity contribution in [3.8, 4) is 0 Å². The number of nitro groups is 1. The highest BCUT2D eigenvalue weighted by Gasteiger charge is 2.51. The maximum atomic E-state index is 13.0. The van der Waals surface area contributed by atoms with E-state index in [0.717, 1.165) is 4.90 Å². The normalized spacial score (nSPS) is 18.5. The molecule has 2 aromatic rings. The Morgan fingerprint density at radius 1 is 1.21 bits per heavy atom. The number of imide groups is 1. The molecular weight excluding hydrogens is 376 g/mol. The van der Waals surface area contributed by atoms with Gasteiger partial charge in [-0.1, -0.05) is 43.3 Å². The lowest BCUT2D eigenvalue weighted by molar-refractivity contribution is -0.385. The Morgan fingerprint density at radius 3 is 2.52 bits per heavy atom. The van der Waals surface area contributed by atoms with Crippen molar-refractivity contribution in [2.45, 2.75) is 25.8 Å². The van der Waals surface area contributed by atoms with Gasteiger partial charge in [0, 0.05) is 17.3 Å². The van der Waals surface area contributed by atoms with Gasteiger partial charge in [0.2, 0.25) is 5.91 Å². The molecule has 9 heteroatoms. The van der Waals surface area contributed by atoms with E-state index in [1.165, 1.54) is 18.2 Å². The number of anilines is 1. The predicted octanol–water partition coefficient (Wildman–Crippen LogP) is 2.70. The van der Waals surface area contributed by atoms with Crippen LogP contribution >= 0.6 is 0 Å². The van der Waals surface area contributed by atoms with Crippen molar-refractivity contribution in [1.29, 1.82) is 0 Å². The number of hydrogen-bond acceptors (Lipinski definition) is 5. The molecule has 150 valence electrons. The van der Waals surface area contributed by atoms with Gasteiger partial charge in [-0.25, -0.2) is 4.79 Å². The average Bonchev–Trinajstić information content (AvgIpc) is 2.95. The number of urea groups is 1. The van der Waals surface area contributed by atoms with Gasteiger partial charge in [-0.05, 0) is 25.0 Å². The van der Waals surface area contributed by atoms with E-state index in [1.807, 2.05) is 0 Å². The minimum absolute atomic E-state index is 0.133. The Kier molecular flexibility index (Phi) is 5.31. The molecule has 1 aliphatic rings. The molecule has 1 aliphatic heterocycles. The van der Waals surface area contributed by atoms with Crippen LogP contribution in [-0.4, -0.2) is 34.2 Å². The van der Waals surface area contributed by atoms with Gasteiger partial charge in [-0.3, -0.25) is 24.6 Å². The first kappa shape index (κ1) is 20.0. The van der Waals surface area contributed by atoms with Crippen molar-refractivity contribution in [2.75, 3.05) is 11.9 Å². The van der Waals surface area contributed by atoms with Crippen molar-refractivity contribution in [3.05, 3.63) is 69.8 Å². The quantitative estimate of drug-likeness (QED) is 0.442. The number of nitrogens with one attached hydrogen (secondary N) is 2. The lowest BCUT2D eigenvalue weighted by Crippen LogP contribution is -2.44. The van der Waals surface area contributed by atoms with Crippen LogP contribution in [0.4, 0.5) is 16.2 Å². The van der Waals surface area contributed by atoms with Gasteiger partial charge in [0.05, 0.1) is 4.92 Å². The Bertz CT molecular complexity index is 992. The monoisotopic (exact) mass is 396 g/mol. The highest BCUT2D eigenvalue weighted by molar-refractivity contribution is 6.10. The number of amides is 4. The highest BCUT2D eigenvalue weighted by Crippen LogP contribution is 2.32. The van der Waals surface area contributed by atoms with E-state index < -0.39 is 34.9 Å². The predicted molar refractivity (Wildman–Crippen MR) is 105 cm³/mol. The Hall–Kier alpha value is -3.75. The summed E-state index contributed by atoms with van der Waals surface area (Å²) in [7, 11) is 0. The fourth-order valence-corrected chi connectivity index (χ4v) is 3.36. The second kappa shape index (κ2) is 7.70. The SMILES string of the molecule is CCC1(c2ccccc2)NC(=O)N(CC(=O)Nc2ccc(C)c([N+](=O)[O-])c2)C1=O. The molecule has 3 rings (SSSR count). The molecule has 0 aliphatic carbocycles. The number of nitrogens with zero attached hydrogens (tertiary/aromatic N) is 2. The fourth-order valence-electron chi connectivity index (χ4n) is 3.36. The van der Waals surface area contributed by atoms with Crippen LogP contribution in [0.2, 0.25) is 0 Å². The molecule has 0 spiro atoms. The molecule has 1 atom stereocenters. The van der Waals surface area contributed by atoms with Crippen molar-refractivity contribution in [1.82, 2.24) is 10.2 Å². The van der Waals surface area contributed by atoms with E-state index in [9.17, 15) is 24.5 Å². The summed E-state index contributed by atoms with van der Waals surface area (Å²) in [6.45, 7) is 2.87. The molecule has 9 nitrogen and oxygen atoms in total. The number of hydrogen-bond donors (Lipinski definition) is 2. The number of rotatable bonds is 6. The smallest absolute Gasteiger partial charge is 0.324 e. The minimum atomic E-state index is -1.22. The first-order chi connectivity index (χ1) is 13.8. The molecule has 0 saturated carbocycles.